The summed E-state index contributed by atoms with van der Waals surface area (Å²) in [6.07, 6.45) is 0.906. The lowest BCUT2D eigenvalue weighted by Crippen LogP contribution is -2.32. The smallest absolute Gasteiger partial charge is 0.192 e. The third-order valence-electron chi connectivity index (χ3n) is 4.03. The van der Waals surface area contributed by atoms with Gasteiger partial charge in [0.25, 0.3) is 0 Å². The molecule has 1 N–H and O–H groups in total. The first-order valence-corrected chi connectivity index (χ1v) is 6.54. The van der Waals surface area contributed by atoms with E-state index in [4.69, 9.17) is 4.42 Å². The number of likely N-dealkylation sites (tertiary alicyclic amines) is 1. The number of hydrogen-bond acceptors (Lipinski definition) is 4. The van der Waals surface area contributed by atoms with Crippen LogP contribution >= 0.6 is 0 Å². The van der Waals surface area contributed by atoms with Gasteiger partial charge in [-0.05, 0) is 32.1 Å². The minimum atomic E-state index is -0.0110. The molecule has 1 fully saturated rings. The molecule has 1 aliphatic heterocycles. The lowest BCUT2D eigenvalue weighted by Gasteiger charge is -2.22. The Labute approximate surface area is 111 Å². The van der Waals surface area contributed by atoms with Gasteiger partial charge in [-0.3, -0.25) is 4.79 Å². The van der Waals surface area contributed by atoms with Gasteiger partial charge in [0.15, 0.2) is 5.43 Å². The molecular formula is C15H17NO3. The van der Waals surface area contributed by atoms with E-state index in [0.717, 1.165) is 13.0 Å². The van der Waals surface area contributed by atoms with Crippen LogP contribution in [0.5, 0.6) is 0 Å². The summed E-state index contributed by atoms with van der Waals surface area (Å²) in [5.41, 5.74) is 0.610. The number of nitrogens with zero attached hydrogens (tertiary/aromatic N) is 1. The minimum absolute atomic E-state index is 0.0110. The molecule has 2 atom stereocenters. The van der Waals surface area contributed by atoms with Crippen molar-refractivity contribution in [3.05, 3.63) is 46.3 Å². The normalized spacial score (nSPS) is 24.1. The van der Waals surface area contributed by atoms with E-state index in [2.05, 4.69) is 4.90 Å². The van der Waals surface area contributed by atoms with Crippen LogP contribution in [0.4, 0.5) is 0 Å². The number of hydrogen-bond donors (Lipinski definition) is 1. The highest BCUT2D eigenvalue weighted by Gasteiger charge is 2.34. The topological polar surface area (TPSA) is 53.7 Å². The van der Waals surface area contributed by atoms with Crippen molar-refractivity contribution < 1.29 is 9.52 Å². The van der Waals surface area contributed by atoms with Crippen LogP contribution in [0.25, 0.3) is 11.0 Å². The van der Waals surface area contributed by atoms with Crippen molar-refractivity contribution in [2.24, 2.45) is 0 Å². The number of likely N-dealkylation sites (N-methyl/N-ethyl adjacent to an activating group) is 1. The zero-order chi connectivity index (χ0) is 13.4. The maximum atomic E-state index is 12.1. The van der Waals surface area contributed by atoms with Crippen LogP contribution in [0.15, 0.2) is 39.5 Å². The molecule has 0 radical (unpaired) electrons. The van der Waals surface area contributed by atoms with Crippen LogP contribution in [0.3, 0.4) is 0 Å². The molecule has 0 amide bonds. The third-order valence-corrected chi connectivity index (χ3v) is 4.03. The Balaban J connectivity index is 2.08. The maximum Gasteiger partial charge on any atom is 0.192 e. The second kappa shape index (κ2) is 4.79. The van der Waals surface area contributed by atoms with Gasteiger partial charge in [0.05, 0.1) is 12.0 Å². The predicted octanol–water partition coefficient (Wildman–Crippen LogP) is 1.57. The Morgan fingerprint density at radius 1 is 1.42 bits per heavy atom. The van der Waals surface area contributed by atoms with E-state index < -0.39 is 0 Å². The van der Waals surface area contributed by atoms with Gasteiger partial charge in [-0.15, -0.1) is 0 Å². The number of benzene rings is 1. The van der Waals surface area contributed by atoms with Gasteiger partial charge in [0, 0.05) is 18.0 Å². The molecule has 0 spiro atoms. The molecular weight excluding hydrogens is 242 g/mol. The van der Waals surface area contributed by atoms with E-state index >= 15 is 0 Å². The number of aliphatic hydroxyl groups is 1. The zero-order valence-corrected chi connectivity index (χ0v) is 10.9. The highest BCUT2D eigenvalue weighted by Crippen LogP contribution is 2.32. The van der Waals surface area contributed by atoms with Crippen molar-refractivity contribution in [2.45, 2.75) is 18.4 Å². The molecule has 1 saturated heterocycles. The van der Waals surface area contributed by atoms with Gasteiger partial charge in [0.1, 0.15) is 11.3 Å². The highest BCUT2D eigenvalue weighted by molar-refractivity contribution is 5.76. The van der Waals surface area contributed by atoms with Crippen LogP contribution in [-0.4, -0.2) is 36.2 Å². The molecule has 1 unspecified atom stereocenters. The molecule has 19 heavy (non-hydrogen) atoms. The Morgan fingerprint density at radius 2 is 2.21 bits per heavy atom. The summed E-state index contributed by atoms with van der Waals surface area (Å²) in [4.78, 5) is 14.2. The average molecular weight is 259 g/mol. The van der Waals surface area contributed by atoms with Gasteiger partial charge in [0.2, 0.25) is 0 Å². The summed E-state index contributed by atoms with van der Waals surface area (Å²) in [6, 6.07) is 8.89. The summed E-state index contributed by atoms with van der Waals surface area (Å²) in [7, 11) is 1.99. The summed E-state index contributed by atoms with van der Waals surface area (Å²) >= 11 is 0. The van der Waals surface area contributed by atoms with E-state index in [1.807, 2.05) is 25.2 Å². The largest absolute Gasteiger partial charge is 0.460 e. The van der Waals surface area contributed by atoms with E-state index in [-0.39, 0.29) is 24.0 Å². The van der Waals surface area contributed by atoms with Crippen molar-refractivity contribution in [3.63, 3.8) is 0 Å². The fourth-order valence-corrected chi connectivity index (χ4v) is 2.91. The quantitative estimate of drug-likeness (QED) is 0.889. The van der Waals surface area contributed by atoms with E-state index in [1.54, 1.807) is 12.1 Å². The highest BCUT2D eigenvalue weighted by atomic mass is 16.3. The Hall–Kier alpha value is -1.65. The molecule has 1 aliphatic rings. The second-order valence-electron chi connectivity index (χ2n) is 5.13. The van der Waals surface area contributed by atoms with Gasteiger partial charge < -0.3 is 14.4 Å². The summed E-state index contributed by atoms with van der Waals surface area (Å²) in [6.45, 7) is 0.990. The monoisotopic (exact) mass is 259 g/mol. The first kappa shape index (κ1) is 12.4. The average Bonchev–Trinajstić information content (AvgIpc) is 2.80. The number of fused-ring (bicyclic) bond motifs is 1. The predicted molar refractivity (Wildman–Crippen MR) is 73.3 cm³/mol. The van der Waals surface area contributed by atoms with E-state index in [0.29, 0.717) is 16.7 Å². The van der Waals surface area contributed by atoms with Crippen LogP contribution in [0.1, 0.15) is 18.1 Å². The van der Waals surface area contributed by atoms with Crippen molar-refractivity contribution >= 4 is 11.0 Å². The van der Waals surface area contributed by atoms with Gasteiger partial charge in [-0.2, -0.15) is 0 Å². The number of aliphatic hydroxyl groups excluding tert-OH is 1. The molecule has 4 heteroatoms. The Morgan fingerprint density at radius 3 is 3.00 bits per heavy atom. The van der Waals surface area contributed by atoms with Crippen LogP contribution in [0.2, 0.25) is 0 Å². The van der Waals surface area contributed by atoms with Crippen molar-refractivity contribution in [3.8, 4) is 0 Å². The first-order chi connectivity index (χ1) is 9.20. The second-order valence-corrected chi connectivity index (χ2v) is 5.13. The van der Waals surface area contributed by atoms with E-state index in [1.165, 1.54) is 0 Å². The molecule has 0 saturated carbocycles. The van der Waals surface area contributed by atoms with Gasteiger partial charge in [-0.1, -0.05) is 12.1 Å². The third kappa shape index (κ3) is 2.07. The molecule has 0 bridgehead atoms. The lowest BCUT2D eigenvalue weighted by molar-refractivity contribution is 0.167. The zero-order valence-electron chi connectivity index (χ0n) is 10.9. The van der Waals surface area contributed by atoms with Crippen LogP contribution < -0.4 is 5.43 Å². The van der Waals surface area contributed by atoms with Crippen molar-refractivity contribution in [2.75, 3.05) is 20.2 Å². The Bertz CT molecular complexity index is 649. The number of rotatable bonds is 2. The first-order valence-electron chi connectivity index (χ1n) is 6.54. The maximum absolute atomic E-state index is 12.1. The lowest BCUT2D eigenvalue weighted by atomic mass is 9.97. The van der Waals surface area contributed by atoms with Crippen LogP contribution in [0, 0.1) is 0 Å². The SMILES string of the molecule is CN1CCC(c2cc(=O)c3ccccc3o2)[C@H]1CO. The molecule has 100 valence electrons. The minimum Gasteiger partial charge on any atom is -0.460 e. The standard InChI is InChI=1S/C15H17NO3/c1-16-7-6-10(12(16)9-17)15-8-13(18)11-4-2-3-5-14(11)19-15/h2-5,8,10,12,17H,6-7,9H2,1H3/t10?,12-/m1/s1. The molecule has 3 rings (SSSR count). The van der Waals surface area contributed by atoms with Gasteiger partial charge >= 0.3 is 0 Å². The molecule has 4 nitrogen and oxygen atoms in total. The molecule has 1 aromatic heterocycles. The molecule has 0 aliphatic carbocycles. The summed E-state index contributed by atoms with van der Waals surface area (Å²) in [5.74, 6) is 0.777. The fraction of sp³-hybridized carbons (Fsp3) is 0.400. The van der Waals surface area contributed by atoms with E-state index in [9.17, 15) is 9.90 Å². The number of para-hydroxylation sites is 1. The van der Waals surface area contributed by atoms with Crippen molar-refractivity contribution in [1.29, 1.82) is 0 Å². The molecule has 1 aromatic carbocycles. The molecule has 2 heterocycles. The summed E-state index contributed by atoms with van der Waals surface area (Å²) in [5, 5.41) is 10.1. The fourth-order valence-electron chi connectivity index (χ4n) is 2.91. The van der Waals surface area contributed by atoms with Gasteiger partial charge in [-0.25, -0.2) is 0 Å². The molecule has 2 aromatic rings. The van der Waals surface area contributed by atoms with Crippen LogP contribution in [-0.2, 0) is 0 Å². The Kier molecular flexibility index (Phi) is 3.12. The van der Waals surface area contributed by atoms with Crippen molar-refractivity contribution in [1.82, 2.24) is 4.90 Å². The summed E-state index contributed by atoms with van der Waals surface area (Å²) < 4.78 is 5.87.